The van der Waals surface area contributed by atoms with E-state index < -0.39 is 26.1 Å². The number of hydrogen-bond donors (Lipinski definition) is 2. The molecule has 10 nitrogen and oxygen atoms in total. The molecule has 2 N–H and O–H groups in total. The number of amides is 1. The Morgan fingerprint density at radius 1 is 1.08 bits per heavy atom. The van der Waals surface area contributed by atoms with Crippen molar-refractivity contribution < 1.29 is 26.4 Å². The molecule has 0 unspecified atom stereocenters. The molecule has 39 heavy (non-hydrogen) atoms. The monoisotopic (exact) mass is 590 g/mol. The first kappa shape index (κ1) is 28.7. The second-order valence-electron chi connectivity index (χ2n) is 9.19. The third-order valence-corrected chi connectivity index (χ3v) is 8.43. The second-order valence-corrected chi connectivity index (χ2v) is 13.3. The molecule has 0 fully saturated rings. The number of Topliss-reactive ketones (excluding diaryl/α,β-unsaturated/α-hetero) is 1. The Hall–Kier alpha value is -3.29. The summed E-state index contributed by atoms with van der Waals surface area (Å²) < 4.78 is 56.0. The van der Waals surface area contributed by atoms with E-state index in [1.54, 1.807) is 65.3 Å². The van der Waals surface area contributed by atoms with Crippen LogP contribution in [0.1, 0.15) is 33.6 Å². The fourth-order valence-corrected chi connectivity index (χ4v) is 5.54. The van der Waals surface area contributed by atoms with Crippen LogP contribution in [0.5, 0.6) is 0 Å². The summed E-state index contributed by atoms with van der Waals surface area (Å²) in [6.07, 6.45) is 5.98. The molecule has 1 aromatic heterocycles. The number of nitrogens with zero attached hydrogens (tertiary/aromatic N) is 2. The Balaban J connectivity index is 1.94. The van der Waals surface area contributed by atoms with Crippen LogP contribution in [0.4, 0.5) is 0 Å². The molecule has 0 radical (unpaired) electrons. The molecule has 3 aromatic rings. The zero-order valence-electron chi connectivity index (χ0n) is 21.4. The van der Waals surface area contributed by atoms with Crippen molar-refractivity contribution in [2.24, 2.45) is 0 Å². The maximum atomic E-state index is 13.5. The molecular weight excluding hydrogens is 564 g/mol. The van der Waals surface area contributed by atoms with Gasteiger partial charge in [0.2, 0.25) is 10.0 Å². The third-order valence-electron chi connectivity index (χ3n) is 6.16. The Labute approximate surface area is 232 Å². The van der Waals surface area contributed by atoms with Crippen LogP contribution in [-0.4, -0.2) is 57.7 Å². The Morgan fingerprint density at radius 3 is 2.41 bits per heavy atom. The van der Waals surface area contributed by atoms with Gasteiger partial charge in [-0.05, 0) is 29.3 Å². The normalized spacial score (nSPS) is 14.2. The van der Waals surface area contributed by atoms with E-state index in [0.717, 1.165) is 10.6 Å². The van der Waals surface area contributed by atoms with Gasteiger partial charge in [-0.3, -0.25) is 9.59 Å². The minimum atomic E-state index is -3.95. The van der Waals surface area contributed by atoms with E-state index in [1.165, 1.54) is 14.1 Å². The standard InChI is InChI=1S/C26H27ClN4O6S2/c1-30(2)39(36,37)28-15-17-8-4-5-9-18(17)16-31-22-13-12-19(27)14-21(22)24(20-10-6-7-11-23(20)32)25(31)26(33)29-38(3,34)35/h4-10,12-14,28H,11,15-16H2,1-3H3,(H,29,33). The SMILES string of the molecule is CN(C)S(=O)(=O)NCc1ccccc1Cn1c(C(=O)NS(C)(=O)=O)c(C2=CC=CCC2=O)c2cc(Cl)ccc21. The fourth-order valence-electron chi connectivity index (χ4n) is 4.33. The van der Waals surface area contributed by atoms with Crippen molar-refractivity contribution in [3.63, 3.8) is 0 Å². The van der Waals surface area contributed by atoms with E-state index in [4.69, 9.17) is 11.6 Å². The lowest BCUT2D eigenvalue weighted by atomic mass is 9.93. The summed E-state index contributed by atoms with van der Waals surface area (Å²) in [6, 6.07) is 12.0. The van der Waals surface area contributed by atoms with Crippen molar-refractivity contribution in [1.29, 1.82) is 0 Å². The van der Waals surface area contributed by atoms with Gasteiger partial charge in [0.1, 0.15) is 5.69 Å². The summed E-state index contributed by atoms with van der Waals surface area (Å²) in [6.45, 7) is 0.0513. The quantitative estimate of drug-likeness (QED) is 0.393. The van der Waals surface area contributed by atoms with Gasteiger partial charge in [-0.15, -0.1) is 0 Å². The molecule has 0 bridgehead atoms. The molecule has 206 valence electrons. The Morgan fingerprint density at radius 2 is 1.77 bits per heavy atom. The zero-order chi connectivity index (χ0) is 28.5. The summed E-state index contributed by atoms with van der Waals surface area (Å²) in [5, 5.41) is 0.871. The first-order valence-corrected chi connectivity index (χ1v) is 15.5. The van der Waals surface area contributed by atoms with Crippen LogP contribution in [-0.2, 0) is 38.1 Å². The van der Waals surface area contributed by atoms with Crippen LogP contribution in [0.25, 0.3) is 16.5 Å². The van der Waals surface area contributed by atoms with E-state index in [0.29, 0.717) is 27.1 Å². The van der Waals surface area contributed by atoms with E-state index >= 15 is 0 Å². The van der Waals surface area contributed by atoms with Crippen LogP contribution in [0.15, 0.2) is 60.7 Å². The smallest absolute Gasteiger partial charge is 0.282 e. The highest BCUT2D eigenvalue weighted by molar-refractivity contribution is 7.89. The van der Waals surface area contributed by atoms with Gasteiger partial charge in [-0.25, -0.2) is 13.1 Å². The summed E-state index contributed by atoms with van der Waals surface area (Å²) in [7, 11) is -4.83. The number of allylic oxidation sites excluding steroid dienone is 4. The van der Waals surface area contributed by atoms with Crippen LogP contribution < -0.4 is 9.44 Å². The van der Waals surface area contributed by atoms with Crippen molar-refractivity contribution in [2.45, 2.75) is 19.5 Å². The number of aromatic nitrogens is 1. The number of sulfonamides is 1. The maximum Gasteiger partial charge on any atom is 0.282 e. The zero-order valence-corrected chi connectivity index (χ0v) is 23.8. The first-order chi connectivity index (χ1) is 18.3. The number of hydrogen-bond acceptors (Lipinski definition) is 6. The van der Waals surface area contributed by atoms with Gasteiger partial charge >= 0.3 is 0 Å². The van der Waals surface area contributed by atoms with Crippen LogP contribution in [0, 0.1) is 0 Å². The highest BCUT2D eigenvalue weighted by atomic mass is 35.5. The Bertz CT molecular complexity index is 1760. The number of benzene rings is 2. The molecule has 13 heteroatoms. The molecule has 0 atom stereocenters. The van der Waals surface area contributed by atoms with Crippen molar-refractivity contribution in [3.05, 3.63) is 88.1 Å². The summed E-state index contributed by atoms with van der Waals surface area (Å²) in [4.78, 5) is 26.5. The lowest BCUT2D eigenvalue weighted by Gasteiger charge is -2.17. The van der Waals surface area contributed by atoms with Gasteiger partial charge in [0.25, 0.3) is 16.1 Å². The average Bonchev–Trinajstić information content (AvgIpc) is 3.15. The fraction of sp³-hybridized carbons (Fsp3) is 0.231. The predicted octanol–water partition coefficient (Wildman–Crippen LogP) is 2.84. The van der Waals surface area contributed by atoms with Crippen LogP contribution >= 0.6 is 11.6 Å². The molecule has 0 spiro atoms. The molecule has 4 rings (SSSR count). The molecule has 1 aliphatic rings. The highest BCUT2D eigenvalue weighted by Crippen LogP contribution is 2.36. The highest BCUT2D eigenvalue weighted by Gasteiger charge is 2.30. The summed E-state index contributed by atoms with van der Waals surface area (Å²) >= 11 is 6.32. The van der Waals surface area contributed by atoms with E-state index in [9.17, 15) is 26.4 Å². The van der Waals surface area contributed by atoms with Crippen molar-refractivity contribution in [2.75, 3.05) is 20.4 Å². The van der Waals surface area contributed by atoms with Gasteiger partial charge < -0.3 is 4.57 Å². The molecule has 0 saturated heterocycles. The minimum Gasteiger partial charge on any atom is -0.331 e. The second kappa shape index (κ2) is 11.1. The first-order valence-electron chi connectivity index (χ1n) is 11.8. The number of fused-ring (bicyclic) bond motifs is 1. The molecular formula is C26H27ClN4O6S2. The van der Waals surface area contributed by atoms with Gasteiger partial charge in [0.15, 0.2) is 5.78 Å². The number of carbonyl (C=O) groups excluding carboxylic acids is 2. The molecule has 2 aromatic carbocycles. The Kier molecular flexibility index (Phi) is 8.14. The summed E-state index contributed by atoms with van der Waals surface area (Å²) in [5.74, 6) is -1.14. The lowest BCUT2D eigenvalue weighted by molar-refractivity contribution is -0.113. The lowest BCUT2D eigenvalue weighted by Crippen LogP contribution is -2.35. The molecule has 1 aliphatic carbocycles. The molecule has 0 aliphatic heterocycles. The van der Waals surface area contributed by atoms with Crippen molar-refractivity contribution in [1.82, 2.24) is 18.3 Å². The van der Waals surface area contributed by atoms with E-state index in [2.05, 4.69) is 4.72 Å². The van der Waals surface area contributed by atoms with E-state index in [-0.39, 0.29) is 42.1 Å². The van der Waals surface area contributed by atoms with Crippen LogP contribution in [0.3, 0.4) is 0 Å². The predicted molar refractivity (Wildman–Crippen MR) is 151 cm³/mol. The average molecular weight is 591 g/mol. The number of halogens is 1. The van der Waals surface area contributed by atoms with Gasteiger partial charge in [-0.2, -0.15) is 17.4 Å². The van der Waals surface area contributed by atoms with Gasteiger partial charge in [-0.1, -0.05) is 54.1 Å². The molecule has 0 saturated carbocycles. The van der Waals surface area contributed by atoms with Crippen molar-refractivity contribution in [3.8, 4) is 0 Å². The molecule has 1 amide bonds. The summed E-state index contributed by atoms with van der Waals surface area (Å²) in [5.41, 5.74) is 2.36. The number of nitrogens with one attached hydrogen (secondary N) is 2. The minimum absolute atomic E-state index is 0.0200. The van der Waals surface area contributed by atoms with Gasteiger partial charge in [0, 0.05) is 60.7 Å². The maximum absolute atomic E-state index is 13.5. The van der Waals surface area contributed by atoms with Crippen LogP contribution in [0.2, 0.25) is 5.02 Å². The number of rotatable bonds is 9. The largest absolute Gasteiger partial charge is 0.331 e. The van der Waals surface area contributed by atoms with Crippen molar-refractivity contribution >= 4 is 60.0 Å². The number of carbonyl (C=O) groups is 2. The van der Waals surface area contributed by atoms with E-state index in [1.807, 2.05) is 4.72 Å². The molecule has 1 heterocycles. The third kappa shape index (κ3) is 6.31. The topological polar surface area (TPSA) is 135 Å². The number of ketones is 1. The van der Waals surface area contributed by atoms with Gasteiger partial charge in [0.05, 0.1) is 6.26 Å².